The Balaban J connectivity index is 1.55. The van der Waals surface area contributed by atoms with E-state index in [0.717, 1.165) is 11.1 Å². The lowest BCUT2D eigenvalue weighted by Gasteiger charge is -2.06. The maximum absolute atomic E-state index is 12.0. The van der Waals surface area contributed by atoms with Gasteiger partial charge in [0.2, 0.25) is 11.1 Å². The summed E-state index contributed by atoms with van der Waals surface area (Å²) in [6.45, 7) is 0.413. The monoisotopic (exact) mass is 374 g/mol. The summed E-state index contributed by atoms with van der Waals surface area (Å²) in [6, 6.07) is 11.0. The summed E-state index contributed by atoms with van der Waals surface area (Å²) in [6.07, 6.45) is 3.32. The average molecular weight is 375 g/mol. The van der Waals surface area contributed by atoms with E-state index in [0.29, 0.717) is 22.5 Å². The highest BCUT2D eigenvalue weighted by Gasteiger charge is 2.13. The summed E-state index contributed by atoms with van der Waals surface area (Å²) in [5.41, 5.74) is 1.70. The largest absolute Gasteiger partial charge is 0.351 e. The molecule has 3 rings (SSSR count). The molecule has 0 saturated carbocycles. The molecule has 25 heavy (non-hydrogen) atoms. The fraction of sp³-hybridized carbons (Fsp3) is 0.125. The Kier molecular flexibility index (Phi) is 5.52. The van der Waals surface area contributed by atoms with Crippen molar-refractivity contribution >= 4 is 29.3 Å². The molecule has 0 radical (unpaired) electrons. The molecule has 0 spiro atoms. The van der Waals surface area contributed by atoms with Crippen LogP contribution in [-0.2, 0) is 11.3 Å². The second-order valence-corrected chi connectivity index (χ2v) is 6.49. The smallest absolute Gasteiger partial charge is 0.230 e. The first-order valence-corrected chi connectivity index (χ1v) is 8.74. The van der Waals surface area contributed by atoms with Gasteiger partial charge in [-0.05, 0) is 29.8 Å². The number of nitrogens with one attached hydrogen (secondary N) is 1. The minimum absolute atomic E-state index is 0.129. The molecule has 0 saturated heterocycles. The molecule has 0 atom stereocenters. The summed E-state index contributed by atoms with van der Waals surface area (Å²) in [7, 11) is 0. The lowest BCUT2D eigenvalue weighted by molar-refractivity contribution is -0.118. The highest BCUT2D eigenvalue weighted by Crippen LogP contribution is 2.20. The van der Waals surface area contributed by atoms with E-state index in [1.54, 1.807) is 24.5 Å². The number of nitrogens with two attached hydrogens (primary N) is 1. The Bertz CT molecular complexity index is 870. The van der Waals surface area contributed by atoms with Crippen LogP contribution in [0.1, 0.15) is 5.56 Å². The topological polar surface area (TPSA) is 98.7 Å². The van der Waals surface area contributed by atoms with Crippen LogP contribution in [0.5, 0.6) is 0 Å². The SMILES string of the molecule is Nn1c(SCC(=O)NCc2cccc(Cl)c2)nnc1-c1cccnc1. The van der Waals surface area contributed by atoms with Crippen LogP contribution in [0, 0.1) is 0 Å². The van der Waals surface area contributed by atoms with Crippen molar-refractivity contribution in [2.45, 2.75) is 11.7 Å². The molecule has 3 N–H and O–H groups in total. The highest BCUT2D eigenvalue weighted by molar-refractivity contribution is 7.99. The number of thioether (sulfide) groups is 1. The lowest BCUT2D eigenvalue weighted by atomic mass is 10.2. The first kappa shape index (κ1) is 17.2. The van der Waals surface area contributed by atoms with Gasteiger partial charge in [0, 0.05) is 29.5 Å². The predicted molar refractivity (Wildman–Crippen MR) is 97.4 cm³/mol. The molecular formula is C16H15ClN6OS. The first-order chi connectivity index (χ1) is 12.1. The third-order valence-corrected chi connectivity index (χ3v) is 4.47. The summed E-state index contributed by atoms with van der Waals surface area (Å²) < 4.78 is 1.35. The Morgan fingerprint density at radius 1 is 1.28 bits per heavy atom. The number of aromatic nitrogens is 4. The Labute approximate surface area is 153 Å². The molecule has 9 heteroatoms. The third kappa shape index (κ3) is 4.49. The number of amides is 1. The van der Waals surface area contributed by atoms with E-state index in [-0.39, 0.29) is 11.7 Å². The summed E-state index contributed by atoms with van der Waals surface area (Å²) in [5.74, 6) is 6.55. The number of carbonyl (C=O) groups excluding carboxylic acids is 1. The van der Waals surface area contributed by atoms with Gasteiger partial charge >= 0.3 is 0 Å². The van der Waals surface area contributed by atoms with Gasteiger partial charge in [-0.25, -0.2) is 4.68 Å². The van der Waals surface area contributed by atoms with Crippen molar-refractivity contribution in [3.05, 3.63) is 59.4 Å². The zero-order valence-electron chi connectivity index (χ0n) is 13.1. The molecule has 0 bridgehead atoms. The number of hydrogen-bond donors (Lipinski definition) is 2. The minimum Gasteiger partial charge on any atom is -0.351 e. The summed E-state index contributed by atoms with van der Waals surface area (Å²) >= 11 is 7.13. The molecule has 128 valence electrons. The maximum Gasteiger partial charge on any atom is 0.230 e. The van der Waals surface area contributed by atoms with Gasteiger partial charge in [-0.15, -0.1) is 10.2 Å². The minimum atomic E-state index is -0.129. The highest BCUT2D eigenvalue weighted by atomic mass is 35.5. The van der Waals surface area contributed by atoms with Gasteiger partial charge in [-0.2, -0.15) is 0 Å². The Morgan fingerprint density at radius 2 is 2.16 bits per heavy atom. The van der Waals surface area contributed by atoms with E-state index >= 15 is 0 Å². The number of hydrogen-bond acceptors (Lipinski definition) is 6. The molecule has 3 aromatic rings. The average Bonchev–Trinajstić information content (AvgIpc) is 2.99. The van der Waals surface area contributed by atoms with Crippen molar-refractivity contribution in [2.75, 3.05) is 11.6 Å². The quantitative estimate of drug-likeness (QED) is 0.506. The van der Waals surface area contributed by atoms with Crippen LogP contribution < -0.4 is 11.2 Å². The van der Waals surface area contributed by atoms with Gasteiger partial charge in [0.15, 0.2) is 5.82 Å². The van der Waals surface area contributed by atoms with Gasteiger partial charge in [0.05, 0.1) is 5.75 Å². The molecule has 0 aliphatic carbocycles. The number of nitrogen functional groups attached to an aromatic ring is 1. The molecule has 7 nitrogen and oxygen atoms in total. The molecule has 0 aliphatic rings. The second-order valence-electron chi connectivity index (χ2n) is 5.11. The fourth-order valence-corrected chi connectivity index (χ4v) is 3.00. The van der Waals surface area contributed by atoms with E-state index in [9.17, 15) is 4.79 Å². The molecule has 1 aromatic carbocycles. The van der Waals surface area contributed by atoms with Gasteiger partial charge in [-0.3, -0.25) is 9.78 Å². The maximum atomic E-state index is 12.0. The van der Waals surface area contributed by atoms with Crippen molar-refractivity contribution in [1.82, 2.24) is 25.2 Å². The normalized spacial score (nSPS) is 10.6. The number of nitrogens with zero attached hydrogens (tertiary/aromatic N) is 4. The van der Waals surface area contributed by atoms with Crippen LogP contribution in [-0.4, -0.2) is 31.5 Å². The van der Waals surface area contributed by atoms with Crippen molar-refractivity contribution in [3.63, 3.8) is 0 Å². The fourth-order valence-electron chi connectivity index (χ4n) is 2.10. The number of pyridine rings is 1. The molecule has 2 heterocycles. The van der Waals surface area contributed by atoms with Crippen molar-refractivity contribution in [1.29, 1.82) is 0 Å². The molecule has 0 unspecified atom stereocenters. The zero-order chi connectivity index (χ0) is 17.6. The summed E-state index contributed by atoms with van der Waals surface area (Å²) in [5, 5.41) is 12.0. The Morgan fingerprint density at radius 3 is 2.92 bits per heavy atom. The molecule has 2 aromatic heterocycles. The predicted octanol–water partition coefficient (Wildman–Crippen LogP) is 2.12. The molecule has 0 fully saturated rings. The van der Waals surface area contributed by atoms with Crippen LogP contribution in [0.25, 0.3) is 11.4 Å². The van der Waals surface area contributed by atoms with Crippen LogP contribution in [0.2, 0.25) is 5.02 Å². The second kappa shape index (κ2) is 8.00. The van der Waals surface area contributed by atoms with Crippen molar-refractivity contribution < 1.29 is 4.79 Å². The van der Waals surface area contributed by atoms with Crippen molar-refractivity contribution in [3.8, 4) is 11.4 Å². The number of halogens is 1. The Hall–Kier alpha value is -2.58. The van der Waals surface area contributed by atoms with E-state index in [4.69, 9.17) is 17.4 Å². The standard InChI is InChI=1S/C16H15ClN6OS/c17-13-5-1-3-11(7-13)8-20-14(24)10-25-16-22-21-15(23(16)18)12-4-2-6-19-9-12/h1-7,9H,8,10,18H2,(H,20,24). The van der Waals surface area contributed by atoms with Crippen LogP contribution in [0.3, 0.4) is 0 Å². The van der Waals surface area contributed by atoms with Gasteiger partial charge < -0.3 is 11.2 Å². The number of carbonyl (C=O) groups is 1. The van der Waals surface area contributed by atoms with E-state index in [1.165, 1.54) is 16.4 Å². The van der Waals surface area contributed by atoms with E-state index in [1.807, 2.05) is 24.3 Å². The van der Waals surface area contributed by atoms with Crippen LogP contribution in [0.4, 0.5) is 0 Å². The van der Waals surface area contributed by atoms with Gasteiger partial charge in [0.25, 0.3) is 0 Å². The summed E-state index contributed by atoms with van der Waals surface area (Å²) in [4.78, 5) is 16.0. The molecule has 0 aliphatic heterocycles. The molecular weight excluding hydrogens is 360 g/mol. The van der Waals surface area contributed by atoms with Gasteiger partial charge in [0.1, 0.15) is 0 Å². The van der Waals surface area contributed by atoms with Gasteiger partial charge in [-0.1, -0.05) is 35.5 Å². The van der Waals surface area contributed by atoms with Crippen LogP contribution >= 0.6 is 23.4 Å². The number of rotatable bonds is 6. The lowest BCUT2D eigenvalue weighted by Crippen LogP contribution is -2.25. The van der Waals surface area contributed by atoms with E-state index in [2.05, 4.69) is 20.5 Å². The number of benzene rings is 1. The third-order valence-electron chi connectivity index (χ3n) is 3.30. The zero-order valence-corrected chi connectivity index (χ0v) is 14.7. The van der Waals surface area contributed by atoms with Crippen LogP contribution in [0.15, 0.2) is 53.9 Å². The molecule has 1 amide bonds. The van der Waals surface area contributed by atoms with Crippen molar-refractivity contribution in [2.24, 2.45) is 0 Å². The van der Waals surface area contributed by atoms with E-state index < -0.39 is 0 Å². The first-order valence-electron chi connectivity index (χ1n) is 7.38.